The Morgan fingerprint density at radius 2 is 2.04 bits per heavy atom. The highest BCUT2D eigenvalue weighted by atomic mass is 127. The van der Waals surface area contributed by atoms with Crippen molar-refractivity contribution in [3.63, 3.8) is 0 Å². The summed E-state index contributed by atoms with van der Waals surface area (Å²) in [7, 11) is 1.77. The second-order valence-electron chi connectivity index (χ2n) is 6.72. The summed E-state index contributed by atoms with van der Waals surface area (Å²) in [5.41, 5.74) is 0. The zero-order valence-corrected chi connectivity index (χ0v) is 20.7. The Balaban J connectivity index is 0.00000392. The van der Waals surface area contributed by atoms with Crippen molar-refractivity contribution < 1.29 is 14.2 Å². The summed E-state index contributed by atoms with van der Waals surface area (Å²) in [5, 5.41) is 6.61. The van der Waals surface area contributed by atoms with Crippen molar-refractivity contribution in [3.05, 3.63) is 28.7 Å². The molecule has 0 spiro atoms. The molecule has 1 saturated heterocycles. The lowest BCUT2D eigenvalue weighted by atomic mass is 10.0. The fourth-order valence-electron chi connectivity index (χ4n) is 2.80. The number of guanidine groups is 1. The molecule has 0 saturated carbocycles. The Morgan fingerprint density at radius 1 is 1.29 bits per heavy atom. The number of rotatable bonds is 10. The SMILES string of the molecule is CN=C(NCCCOCC1CCOCC1)NCC(C)Oc1ccccc1Br.I. The molecule has 0 amide bonds. The largest absolute Gasteiger partial charge is 0.488 e. The Bertz CT molecular complexity index is 571. The number of benzene rings is 1. The number of para-hydroxylation sites is 1. The molecule has 1 aliphatic rings. The number of nitrogens with zero attached hydrogens (tertiary/aromatic N) is 1. The van der Waals surface area contributed by atoms with Gasteiger partial charge in [-0.25, -0.2) is 0 Å². The summed E-state index contributed by atoms with van der Waals surface area (Å²) in [6, 6.07) is 7.86. The average molecular weight is 570 g/mol. The highest BCUT2D eigenvalue weighted by molar-refractivity contribution is 14.0. The number of halogens is 2. The zero-order chi connectivity index (χ0) is 19.3. The first-order valence-electron chi connectivity index (χ1n) is 9.70. The van der Waals surface area contributed by atoms with Crippen LogP contribution in [0.5, 0.6) is 5.75 Å². The topological polar surface area (TPSA) is 64.1 Å². The first-order chi connectivity index (χ1) is 13.2. The van der Waals surface area contributed by atoms with Gasteiger partial charge in [-0.1, -0.05) is 12.1 Å². The molecule has 2 rings (SSSR count). The molecule has 1 fully saturated rings. The van der Waals surface area contributed by atoms with Crippen LogP contribution >= 0.6 is 39.9 Å². The van der Waals surface area contributed by atoms with Crippen LogP contribution in [0.25, 0.3) is 0 Å². The van der Waals surface area contributed by atoms with E-state index < -0.39 is 0 Å². The quantitative estimate of drug-likeness (QED) is 0.194. The molecule has 0 aliphatic carbocycles. The molecule has 1 aliphatic heterocycles. The minimum atomic E-state index is 0. The van der Waals surface area contributed by atoms with Crippen molar-refractivity contribution in [2.24, 2.45) is 10.9 Å². The third kappa shape index (κ3) is 10.3. The molecule has 8 heteroatoms. The molecule has 6 nitrogen and oxygen atoms in total. The summed E-state index contributed by atoms with van der Waals surface area (Å²) in [6.45, 7) is 6.89. The van der Waals surface area contributed by atoms with Gasteiger partial charge in [0.05, 0.1) is 11.0 Å². The van der Waals surface area contributed by atoms with Crippen molar-refractivity contribution in [3.8, 4) is 5.75 Å². The van der Waals surface area contributed by atoms with Crippen molar-refractivity contribution in [1.29, 1.82) is 0 Å². The molecule has 0 aromatic heterocycles. The molecule has 2 N–H and O–H groups in total. The maximum Gasteiger partial charge on any atom is 0.191 e. The standard InChI is InChI=1S/C20H32BrN3O3.HI/c1-16(27-19-7-4-3-6-18(19)21)14-24-20(22-2)23-10-5-11-26-15-17-8-12-25-13-9-17;/h3-4,6-7,16-17H,5,8-15H2,1-2H3,(H2,22,23,24);1H. The van der Waals surface area contributed by atoms with Gasteiger partial charge in [-0.2, -0.15) is 0 Å². The highest BCUT2D eigenvalue weighted by Crippen LogP contribution is 2.24. The van der Waals surface area contributed by atoms with Crippen LogP contribution in [0.15, 0.2) is 33.7 Å². The minimum absolute atomic E-state index is 0. The van der Waals surface area contributed by atoms with Crippen LogP contribution in [0.2, 0.25) is 0 Å². The molecule has 28 heavy (non-hydrogen) atoms. The molecule has 1 heterocycles. The van der Waals surface area contributed by atoms with Crippen LogP contribution < -0.4 is 15.4 Å². The number of aliphatic imine (C=N–C) groups is 1. The maximum absolute atomic E-state index is 5.93. The van der Waals surface area contributed by atoms with E-state index in [-0.39, 0.29) is 30.1 Å². The average Bonchev–Trinajstić information content (AvgIpc) is 2.69. The maximum atomic E-state index is 5.93. The monoisotopic (exact) mass is 569 g/mol. The molecule has 1 aromatic rings. The Hall–Kier alpha value is -0.580. The van der Waals surface area contributed by atoms with Gasteiger partial charge in [-0.05, 0) is 60.2 Å². The van der Waals surface area contributed by atoms with E-state index in [0.717, 1.165) is 68.4 Å². The minimum Gasteiger partial charge on any atom is -0.488 e. The molecule has 0 bridgehead atoms. The smallest absolute Gasteiger partial charge is 0.191 e. The van der Waals surface area contributed by atoms with E-state index in [2.05, 4.69) is 31.6 Å². The first-order valence-corrected chi connectivity index (χ1v) is 10.5. The summed E-state index contributed by atoms with van der Waals surface area (Å²) in [6.07, 6.45) is 3.21. The fourth-order valence-corrected chi connectivity index (χ4v) is 3.18. The van der Waals surface area contributed by atoms with Crippen LogP contribution in [-0.2, 0) is 9.47 Å². The van der Waals surface area contributed by atoms with E-state index >= 15 is 0 Å². The first kappa shape index (κ1) is 25.5. The Kier molecular flexibility index (Phi) is 13.9. The van der Waals surface area contributed by atoms with E-state index in [1.165, 1.54) is 0 Å². The lowest BCUT2D eigenvalue weighted by Gasteiger charge is -2.21. The van der Waals surface area contributed by atoms with Gasteiger partial charge in [-0.15, -0.1) is 24.0 Å². The molecular weight excluding hydrogens is 537 g/mol. The van der Waals surface area contributed by atoms with Crippen LogP contribution in [0.4, 0.5) is 0 Å². The molecule has 1 atom stereocenters. The zero-order valence-electron chi connectivity index (χ0n) is 16.8. The number of hydrogen-bond acceptors (Lipinski definition) is 4. The van der Waals surface area contributed by atoms with Gasteiger partial charge in [0.1, 0.15) is 11.9 Å². The third-order valence-electron chi connectivity index (χ3n) is 4.40. The molecule has 1 unspecified atom stereocenters. The molecule has 160 valence electrons. The number of nitrogens with one attached hydrogen (secondary N) is 2. The van der Waals surface area contributed by atoms with Crippen molar-refractivity contribution in [2.75, 3.05) is 46.6 Å². The normalized spacial score (nSPS) is 16.2. The van der Waals surface area contributed by atoms with Gasteiger partial charge >= 0.3 is 0 Å². The van der Waals surface area contributed by atoms with Gasteiger partial charge in [0.15, 0.2) is 5.96 Å². The van der Waals surface area contributed by atoms with Crippen LogP contribution in [0.1, 0.15) is 26.2 Å². The van der Waals surface area contributed by atoms with E-state index in [0.29, 0.717) is 12.5 Å². The van der Waals surface area contributed by atoms with E-state index in [4.69, 9.17) is 14.2 Å². The van der Waals surface area contributed by atoms with Gasteiger partial charge in [0.25, 0.3) is 0 Å². The van der Waals surface area contributed by atoms with E-state index in [1.54, 1.807) is 7.05 Å². The van der Waals surface area contributed by atoms with Gasteiger partial charge < -0.3 is 24.8 Å². The summed E-state index contributed by atoms with van der Waals surface area (Å²) in [4.78, 5) is 4.25. The summed E-state index contributed by atoms with van der Waals surface area (Å²) < 4.78 is 18.0. The lowest BCUT2D eigenvalue weighted by Crippen LogP contribution is -2.42. The van der Waals surface area contributed by atoms with Crippen LogP contribution in [0, 0.1) is 5.92 Å². The van der Waals surface area contributed by atoms with Crippen LogP contribution in [0.3, 0.4) is 0 Å². The van der Waals surface area contributed by atoms with E-state index in [1.807, 2.05) is 31.2 Å². The summed E-state index contributed by atoms with van der Waals surface area (Å²) in [5.74, 6) is 2.28. The molecule has 0 radical (unpaired) electrons. The van der Waals surface area contributed by atoms with Gasteiger partial charge in [0, 0.05) is 40.0 Å². The second kappa shape index (κ2) is 15.3. The van der Waals surface area contributed by atoms with Crippen LogP contribution in [-0.4, -0.2) is 58.6 Å². The van der Waals surface area contributed by atoms with E-state index in [9.17, 15) is 0 Å². The molecule has 1 aromatic carbocycles. The second-order valence-corrected chi connectivity index (χ2v) is 7.58. The predicted octanol–water partition coefficient (Wildman–Crippen LogP) is 3.83. The fraction of sp³-hybridized carbons (Fsp3) is 0.650. The number of ether oxygens (including phenoxy) is 3. The lowest BCUT2D eigenvalue weighted by molar-refractivity contribution is 0.0203. The Labute approximate surface area is 194 Å². The van der Waals surface area contributed by atoms with Crippen molar-refractivity contribution in [1.82, 2.24) is 10.6 Å². The highest BCUT2D eigenvalue weighted by Gasteiger charge is 2.13. The predicted molar refractivity (Wildman–Crippen MR) is 128 cm³/mol. The van der Waals surface area contributed by atoms with Gasteiger partial charge in [-0.3, -0.25) is 4.99 Å². The van der Waals surface area contributed by atoms with Gasteiger partial charge in [0.2, 0.25) is 0 Å². The Morgan fingerprint density at radius 3 is 2.75 bits per heavy atom. The van der Waals surface area contributed by atoms with Crippen molar-refractivity contribution in [2.45, 2.75) is 32.3 Å². The number of hydrogen-bond donors (Lipinski definition) is 2. The third-order valence-corrected chi connectivity index (χ3v) is 5.05. The summed E-state index contributed by atoms with van der Waals surface area (Å²) >= 11 is 3.50. The molecular formula is C20H33BrIN3O3. The van der Waals surface area contributed by atoms with Crippen molar-refractivity contribution >= 4 is 45.9 Å².